The van der Waals surface area contributed by atoms with Crippen molar-refractivity contribution in [1.82, 2.24) is 5.43 Å². The van der Waals surface area contributed by atoms with E-state index in [0.29, 0.717) is 23.8 Å². The van der Waals surface area contributed by atoms with Crippen molar-refractivity contribution in [2.75, 3.05) is 19.0 Å². The lowest BCUT2D eigenvalue weighted by molar-refractivity contribution is -0.126. The summed E-state index contributed by atoms with van der Waals surface area (Å²) in [6.07, 6.45) is 2.05. The molecule has 0 radical (unpaired) electrons. The van der Waals surface area contributed by atoms with Crippen LogP contribution < -0.4 is 20.2 Å². The summed E-state index contributed by atoms with van der Waals surface area (Å²) >= 11 is 0. The van der Waals surface area contributed by atoms with E-state index in [1.807, 2.05) is 32.0 Å². The molecule has 0 spiro atoms. The number of benzene rings is 2. The Balaban J connectivity index is 1.87. The zero-order valence-electron chi connectivity index (χ0n) is 16.3. The number of ether oxygens (including phenoxy) is 2. The fraction of sp³-hybridized carbons (Fsp3) is 0.286. The molecular formula is C21H25N3O4. The molecule has 0 atom stereocenters. The number of methoxy groups -OCH3 is 1. The number of carbonyl (C=O) groups is 2. The molecule has 0 heterocycles. The molecule has 7 heteroatoms. The summed E-state index contributed by atoms with van der Waals surface area (Å²) < 4.78 is 10.9. The molecule has 0 aliphatic carbocycles. The van der Waals surface area contributed by atoms with Crippen LogP contribution >= 0.6 is 0 Å². The zero-order valence-corrected chi connectivity index (χ0v) is 16.3. The number of nitrogens with one attached hydrogen (secondary N) is 2. The molecule has 0 aromatic heterocycles. The highest BCUT2D eigenvalue weighted by atomic mass is 16.5. The monoisotopic (exact) mass is 383 g/mol. The van der Waals surface area contributed by atoms with Gasteiger partial charge in [-0.1, -0.05) is 25.1 Å². The number of para-hydroxylation sites is 1. The van der Waals surface area contributed by atoms with E-state index in [-0.39, 0.29) is 6.42 Å². The summed E-state index contributed by atoms with van der Waals surface area (Å²) in [5.74, 6) is 0.332. The van der Waals surface area contributed by atoms with Crippen molar-refractivity contribution in [2.24, 2.45) is 5.10 Å². The minimum atomic E-state index is -0.503. The topological polar surface area (TPSA) is 89.0 Å². The quantitative estimate of drug-likeness (QED) is 0.395. The Hall–Kier alpha value is -3.35. The van der Waals surface area contributed by atoms with E-state index in [9.17, 15) is 9.59 Å². The van der Waals surface area contributed by atoms with Crippen molar-refractivity contribution in [2.45, 2.75) is 26.7 Å². The van der Waals surface area contributed by atoms with E-state index in [0.717, 1.165) is 17.5 Å². The number of aryl methyl sites for hydroxylation is 1. The molecule has 0 saturated heterocycles. The van der Waals surface area contributed by atoms with Crippen molar-refractivity contribution >= 4 is 23.7 Å². The highest BCUT2D eigenvalue weighted by Crippen LogP contribution is 2.27. The van der Waals surface area contributed by atoms with Crippen LogP contribution in [0.2, 0.25) is 0 Å². The standard InChI is InChI=1S/C21H25N3O4/c1-4-11-28-18-10-9-16(12-19(18)27-3)14-22-24-21(26)13-20(25)23-17-8-6-5-7-15(17)2/h5-10,12,14H,4,11,13H2,1-3H3,(H,23,25)(H,24,26). The smallest absolute Gasteiger partial charge is 0.249 e. The Morgan fingerprint density at radius 2 is 1.89 bits per heavy atom. The van der Waals surface area contributed by atoms with Gasteiger partial charge in [-0.05, 0) is 48.7 Å². The number of rotatable bonds is 9. The lowest BCUT2D eigenvalue weighted by atomic mass is 10.2. The Morgan fingerprint density at radius 1 is 1.11 bits per heavy atom. The van der Waals surface area contributed by atoms with Gasteiger partial charge in [0.25, 0.3) is 0 Å². The minimum absolute atomic E-state index is 0.321. The van der Waals surface area contributed by atoms with Crippen LogP contribution in [0.15, 0.2) is 47.6 Å². The molecule has 2 aromatic carbocycles. The predicted octanol–water partition coefficient (Wildman–Crippen LogP) is 3.27. The third-order valence-corrected chi connectivity index (χ3v) is 3.79. The summed E-state index contributed by atoms with van der Waals surface area (Å²) in [4.78, 5) is 23.8. The predicted molar refractivity (Wildman–Crippen MR) is 109 cm³/mol. The second-order valence-corrected chi connectivity index (χ2v) is 6.09. The van der Waals surface area contributed by atoms with Gasteiger partial charge in [-0.15, -0.1) is 0 Å². The molecule has 2 N–H and O–H groups in total. The largest absolute Gasteiger partial charge is 0.493 e. The summed E-state index contributed by atoms with van der Waals surface area (Å²) in [6.45, 7) is 4.51. The maximum absolute atomic E-state index is 12.0. The first-order valence-corrected chi connectivity index (χ1v) is 9.01. The Kier molecular flexibility index (Phi) is 8.02. The number of hydrazone groups is 1. The maximum Gasteiger partial charge on any atom is 0.249 e. The maximum atomic E-state index is 12.0. The second kappa shape index (κ2) is 10.7. The molecule has 0 unspecified atom stereocenters. The summed E-state index contributed by atoms with van der Waals surface area (Å²) in [6, 6.07) is 12.7. The summed E-state index contributed by atoms with van der Waals surface area (Å²) in [5.41, 5.74) is 4.68. The van der Waals surface area contributed by atoms with Crippen molar-refractivity contribution in [3.05, 3.63) is 53.6 Å². The zero-order chi connectivity index (χ0) is 20.4. The highest BCUT2D eigenvalue weighted by Gasteiger charge is 2.10. The molecule has 0 aliphatic rings. The van der Waals surface area contributed by atoms with Crippen LogP contribution in [0.4, 0.5) is 5.69 Å². The van der Waals surface area contributed by atoms with Crippen LogP contribution in [0.25, 0.3) is 0 Å². The Bertz CT molecular complexity index is 849. The third-order valence-electron chi connectivity index (χ3n) is 3.79. The third kappa shape index (κ3) is 6.42. The lowest BCUT2D eigenvalue weighted by Gasteiger charge is -2.10. The van der Waals surface area contributed by atoms with E-state index >= 15 is 0 Å². The van der Waals surface area contributed by atoms with Crippen LogP contribution in [-0.2, 0) is 9.59 Å². The number of hydrogen-bond donors (Lipinski definition) is 2. The molecule has 2 amide bonds. The second-order valence-electron chi connectivity index (χ2n) is 6.09. The average Bonchev–Trinajstić information content (AvgIpc) is 2.68. The molecule has 0 aliphatic heterocycles. The SMILES string of the molecule is CCCOc1ccc(C=NNC(=O)CC(=O)Nc2ccccc2C)cc1OC. The van der Waals surface area contributed by atoms with Crippen LogP contribution in [0.5, 0.6) is 11.5 Å². The van der Waals surface area contributed by atoms with Gasteiger partial charge < -0.3 is 14.8 Å². The highest BCUT2D eigenvalue weighted by molar-refractivity contribution is 6.04. The molecule has 2 aromatic rings. The van der Waals surface area contributed by atoms with Crippen LogP contribution in [-0.4, -0.2) is 31.7 Å². The molecule has 0 saturated carbocycles. The summed E-state index contributed by atoms with van der Waals surface area (Å²) in [7, 11) is 1.56. The molecule has 2 rings (SSSR count). The van der Waals surface area contributed by atoms with Gasteiger partial charge in [0.05, 0.1) is 19.9 Å². The van der Waals surface area contributed by atoms with E-state index in [4.69, 9.17) is 9.47 Å². The van der Waals surface area contributed by atoms with E-state index in [2.05, 4.69) is 15.8 Å². The normalized spacial score (nSPS) is 10.5. The van der Waals surface area contributed by atoms with Crippen molar-refractivity contribution in [1.29, 1.82) is 0 Å². The molecular weight excluding hydrogens is 358 g/mol. The minimum Gasteiger partial charge on any atom is -0.493 e. The summed E-state index contributed by atoms with van der Waals surface area (Å²) in [5, 5.41) is 6.59. The Morgan fingerprint density at radius 3 is 2.61 bits per heavy atom. The molecule has 28 heavy (non-hydrogen) atoms. The van der Waals surface area contributed by atoms with Crippen molar-refractivity contribution < 1.29 is 19.1 Å². The van der Waals surface area contributed by atoms with Gasteiger partial charge in [-0.2, -0.15) is 5.10 Å². The lowest BCUT2D eigenvalue weighted by Crippen LogP contribution is -2.24. The van der Waals surface area contributed by atoms with Crippen molar-refractivity contribution in [3.8, 4) is 11.5 Å². The first kappa shape index (κ1) is 21.0. The number of nitrogens with zero attached hydrogens (tertiary/aromatic N) is 1. The van der Waals surface area contributed by atoms with Gasteiger partial charge in [0.1, 0.15) is 6.42 Å². The van der Waals surface area contributed by atoms with Crippen LogP contribution in [0.3, 0.4) is 0 Å². The fourth-order valence-electron chi connectivity index (χ4n) is 2.37. The molecule has 148 valence electrons. The van der Waals surface area contributed by atoms with Gasteiger partial charge in [0.15, 0.2) is 11.5 Å². The first-order valence-electron chi connectivity index (χ1n) is 9.01. The first-order chi connectivity index (χ1) is 13.5. The van der Waals surface area contributed by atoms with Crippen LogP contribution in [0.1, 0.15) is 30.9 Å². The molecule has 0 fully saturated rings. The Labute approximate surface area is 164 Å². The van der Waals surface area contributed by atoms with E-state index < -0.39 is 11.8 Å². The van der Waals surface area contributed by atoms with Gasteiger partial charge >= 0.3 is 0 Å². The van der Waals surface area contributed by atoms with Crippen molar-refractivity contribution in [3.63, 3.8) is 0 Å². The number of amides is 2. The number of carbonyl (C=O) groups excluding carboxylic acids is 2. The molecule has 0 bridgehead atoms. The van der Waals surface area contributed by atoms with Gasteiger partial charge in [0, 0.05) is 5.69 Å². The van der Waals surface area contributed by atoms with Gasteiger partial charge in [0.2, 0.25) is 11.8 Å². The number of anilines is 1. The van der Waals surface area contributed by atoms with E-state index in [1.165, 1.54) is 6.21 Å². The number of hydrogen-bond acceptors (Lipinski definition) is 5. The fourth-order valence-corrected chi connectivity index (χ4v) is 2.37. The average molecular weight is 383 g/mol. The van der Waals surface area contributed by atoms with Crippen LogP contribution in [0, 0.1) is 6.92 Å². The van der Waals surface area contributed by atoms with E-state index in [1.54, 1.807) is 31.4 Å². The van der Waals surface area contributed by atoms with Gasteiger partial charge in [-0.25, -0.2) is 5.43 Å². The van der Waals surface area contributed by atoms with Gasteiger partial charge in [-0.3, -0.25) is 9.59 Å². The molecule has 7 nitrogen and oxygen atoms in total.